The number of rotatable bonds is 7. The number of nitrogens with one attached hydrogen (secondary N) is 1. The van der Waals surface area contributed by atoms with Crippen molar-refractivity contribution in [1.82, 2.24) is 25.2 Å². The van der Waals surface area contributed by atoms with Gasteiger partial charge in [-0.25, -0.2) is 4.68 Å². The van der Waals surface area contributed by atoms with Gasteiger partial charge in [0.1, 0.15) is 0 Å². The molecule has 26 heavy (non-hydrogen) atoms. The Kier molecular flexibility index (Phi) is 5.62. The van der Waals surface area contributed by atoms with Crippen molar-refractivity contribution in [2.75, 3.05) is 32.8 Å². The minimum atomic E-state index is 0.265. The maximum Gasteiger partial charge on any atom is 0.0840 e. The maximum absolute atomic E-state index is 9.45. The van der Waals surface area contributed by atoms with Crippen LogP contribution in [0.5, 0.6) is 0 Å². The van der Waals surface area contributed by atoms with E-state index in [-0.39, 0.29) is 6.61 Å². The highest BCUT2D eigenvalue weighted by molar-refractivity contribution is 5.16. The van der Waals surface area contributed by atoms with Crippen molar-refractivity contribution in [3.05, 3.63) is 47.8 Å². The molecule has 0 radical (unpaired) electrons. The molecule has 0 bridgehead atoms. The van der Waals surface area contributed by atoms with Gasteiger partial charge in [0.15, 0.2) is 0 Å². The standard InChI is InChI=1S/C20H29N5O/c26-15-19-7-4-9-24(19)10-8-18-14-25(23-22-18)20-13-21-12-17(20)11-16-5-2-1-3-6-16/h1-3,5-6,14,17,19-21,26H,4,7-13,15H2/t17-,19?,20+/m0/s1. The number of hydrogen-bond donors (Lipinski definition) is 2. The lowest BCUT2D eigenvalue weighted by Gasteiger charge is -2.21. The molecule has 2 N–H and O–H groups in total. The predicted molar refractivity (Wildman–Crippen MR) is 101 cm³/mol. The molecule has 1 aromatic heterocycles. The molecule has 1 aromatic carbocycles. The molecule has 0 saturated carbocycles. The number of likely N-dealkylation sites (tertiary alicyclic amines) is 1. The quantitative estimate of drug-likeness (QED) is 0.783. The lowest BCUT2D eigenvalue weighted by Crippen LogP contribution is -2.33. The van der Waals surface area contributed by atoms with Crippen LogP contribution < -0.4 is 5.32 Å². The van der Waals surface area contributed by atoms with E-state index in [9.17, 15) is 5.11 Å². The largest absolute Gasteiger partial charge is 0.395 e. The SMILES string of the molecule is OCC1CCCN1CCc1cn([C@@H]2CNC[C@@H]2Cc2ccccc2)nn1. The fourth-order valence-electron chi connectivity index (χ4n) is 4.40. The maximum atomic E-state index is 9.45. The highest BCUT2D eigenvalue weighted by Crippen LogP contribution is 2.25. The van der Waals surface area contributed by atoms with Crippen LogP contribution in [0.2, 0.25) is 0 Å². The van der Waals surface area contributed by atoms with Crippen LogP contribution in [0.15, 0.2) is 36.5 Å². The predicted octanol–water partition coefficient (Wildman–Crippen LogP) is 1.28. The summed E-state index contributed by atoms with van der Waals surface area (Å²) >= 11 is 0. The van der Waals surface area contributed by atoms with Crippen LogP contribution in [-0.4, -0.2) is 63.8 Å². The first kappa shape index (κ1) is 17.6. The fourth-order valence-corrected chi connectivity index (χ4v) is 4.40. The van der Waals surface area contributed by atoms with E-state index in [4.69, 9.17) is 0 Å². The Morgan fingerprint density at radius 1 is 1.19 bits per heavy atom. The van der Waals surface area contributed by atoms with E-state index in [2.05, 4.69) is 61.7 Å². The average molecular weight is 355 g/mol. The van der Waals surface area contributed by atoms with Crippen molar-refractivity contribution in [1.29, 1.82) is 0 Å². The molecule has 0 aliphatic carbocycles. The average Bonchev–Trinajstić information content (AvgIpc) is 3.41. The summed E-state index contributed by atoms with van der Waals surface area (Å²) in [5.74, 6) is 0.546. The van der Waals surface area contributed by atoms with Crippen LogP contribution in [-0.2, 0) is 12.8 Å². The number of aliphatic hydroxyl groups is 1. The Bertz CT molecular complexity index is 689. The second-order valence-corrected chi connectivity index (χ2v) is 7.63. The van der Waals surface area contributed by atoms with E-state index in [1.54, 1.807) is 0 Å². The van der Waals surface area contributed by atoms with Gasteiger partial charge in [-0.1, -0.05) is 35.5 Å². The molecule has 6 nitrogen and oxygen atoms in total. The van der Waals surface area contributed by atoms with Gasteiger partial charge in [0.05, 0.1) is 18.3 Å². The Hall–Kier alpha value is -1.76. The Morgan fingerprint density at radius 3 is 2.92 bits per heavy atom. The van der Waals surface area contributed by atoms with Crippen molar-refractivity contribution in [2.45, 2.75) is 37.8 Å². The van der Waals surface area contributed by atoms with E-state index in [1.165, 1.54) is 12.0 Å². The van der Waals surface area contributed by atoms with Gasteiger partial charge in [0.2, 0.25) is 0 Å². The molecular weight excluding hydrogens is 326 g/mol. The summed E-state index contributed by atoms with van der Waals surface area (Å²) in [7, 11) is 0. The molecule has 0 amide bonds. The summed E-state index contributed by atoms with van der Waals surface area (Å²) in [5.41, 5.74) is 2.44. The van der Waals surface area contributed by atoms with Crippen molar-refractivity contribution in [2.24, 2.45) is 5.92 Å². The molecule has 0 spiro atoms. The topological polar surface area (TPSA) is 66.2 Å². The second-order valence-electron chi connectivity index (χ2n) is 7.63. The molecule has 1 unspecified atom stereocenters. The molecule has 2 aliphatic rings. The highest BCUT2D eigenvalue weighted by atomic mass is 16.3. The van der Waals surface area contributed by atoms with Crippen LogP contribution in [0.25, 0.3) is 0 Å². The van der Waals surface area contributed by atoms with E-state index in [0.717, 1.165) is 51.1 Å². The van der Waals surface area contributed by atoms with Crippen molar-refractivity contribution >= 4 is 0 Å². The van der Waals surface area contributed by atoms with Gasteiger partial charge in [0.25, 0.3) is 0 Å². The van der Waals surface area contributed by atoms with Crippen LogP contribution in [0.1, 0.15) is 30.1 Å². The molecule has 2 fully saturated rings. The summed E-state index contributed by atoms with van der Waals surface area (Å²) in [6, 6.07) is 11.4. The summed E-state index contributed by atoms with van der Waals surface area (Å²) in [6.45, 7) is 4.30. The molecule has 140 valence electrons. The third-order valence-corrected chi connectivity index (χ3v) is 5.91. The van der Waals surface area contributed by atoms with Gasteiger partial charge in [-0.05, 0) is 37.3 Å². The third-order valence-electron chi connectivity index (χ3n) is 5.91. The minimum absolute atomic E-state index is 0.265. The lowest BCUT2D eigenvalue weighted by molar-refractivity contribution is 0.160. The van der Waals surface area contributed by atoms with E-state index in [1.807, 2.05) is 0 Å². The second kappa shape index (κ2) is 8.29. The molecule has 2 aromatic rings. The normalized spacial score (nSPS) is 26.6. The number of aliphatic hydroxyl groups excluding tert-OH is 1. The van der Waals surface area contributed by atoms with E-state index < -0.39 is 0 Å². The summed E-state index contributed by atoms with van der Waals surface area (Å²) in [4.78, 5) is 2.38. The molecule has 4 rings (SSSR count). The highest BCUT2D eigenvalue weighted by Gasteiger charge is 2.30. The minimum Gasteiger partial charge on any atom is -0.395 e. The van der Waals surface area contributed by atoms with Crippen molar-refractivity contribution in [3.63, 3.8) is 0 Å². The van der Waals surface area contributed by atoms with Crippen LogP contribution in [0, 0.1) is 5.92 Å². The molecular formula is C20H29N5O. The first-order valence-corrected chi connectivity index (χ1v) is 9.84. The Morgan fingerprint density at radius 2 is 2.08 bits per heavy atom. The van der Waals surface area contributed by atoms with Crippen LogP contribution in [0.3, 0.4) is 0 Å². The van der Waals surface area contributed by atoms with Gasteiger partial charge in [-0.2, -0.15) is 0 Å². The van der Waals surface area contributed by atoms with Crippen LogP contribution in [0.4, 0.5) is 0 Å². The molecule has 3 heterocycles. The zero-order valence-electron chi connectivity index (χ0n) is 15.3. The first-order valence-electron chi connectivity index (χ1n) is 9.84. The lowest BCUT2D eigenvalue weighted by atomic mass is 9.95. The van der Waals surface area contributed by atoms with Gasteiger partial charge in [-0.15, -0.1) is 5.10 Å². The third kappa shape index (κ3) is 3.98. The zero-order chi connectivity index (χ0) is 17.8. The molecule has 2 aliphatic heterocycles. The molecule has 6 heteroatoms. The fraction of sp³-hybridized carbons (Fsp3) is 0.600. The number of benzene rings is 1. The zero-order valence-corrected chi connectivity index (χ0v) is 15.3. The Labute approximate surface area is 155 Å². The number of nitrogens with zero attached hydrogens (tertiary/aromatic N) is 4. The molecule has 3 atom stereocenters. The number of hydrogen-bond acceptors (Lipinski definition) is 5. The monoisotopic (exact) mass is 355 g/mol. The van der Waals surface area contributed by atoms with E-state index in [0.29, 0.717) is 18.0 Å². The van der Waals surface area contributed by atoms with Gasteiger partial charge in [-0.3, -0.25) is 4.90 Å². The summed E-state index contributed by atoms with van der Waals surface area (Å²) < 4.78 is 2.07. The van der Waals surface area contributed by atoms with Crippen molar-refractivity contribution < 1.29 is 5.11 Å². The summed E-state index contributed by atoms with van der Waals surface area (Å²) in [6.07, 6.45) is 6.39. The first-order chi connectivity index (χ1) is 12.8. The Balaban J connectivity index is 1.36. The summed E-state index contributed by atoms with van der Waals surface area (Å²) in [5, 5.41) is 21.8. The van der Waals surface area contributed by atoms with Gasteiger partial charge >= 0.3 is 0 Å². The van der Waals surface area contributed by atoms with Crippen LogP contribution >= 0.6 is 0 Å². The van der Waals surface area contributed by atoms with E-state index >= 15 is 0 Å². The molecule has 2 saturated heterocycles. The number of aromatic nitrogens is 3. The van der Waals surface area contributed by atoms with Crippen molar-refractivity contribution in [3.8, 4) is 0 Å². The smallest absolute Gasteiger partial charge is 0.0840 e. The van der Waals surface area contributed by atoms with Gasteiger partial charge in [0, 0.05) is 38.3 Å². The van der Waals surface area contributed by atoms with Gasteiger partial charge < -0.3 is 10.4 Å².